The van der Waals surface area contributed by atoms with Crippen molar-refractivity contribution in [2.75, 3.05) is 31.1 Å². The van der Waals surface area contributed by atoms with Crippen LogP contribution in [0.15, 0.2) is 35.7 Å². The molecule has 1 saturated heterocycles. The van der Waals surface area contributed by atoms with Gasteiger partial charge in [-0.2, -0.15) is 0 Å². The maximum Gasteiger partial charge on any atom is 0.254 e. The summed E-state index contributed by atoms with van der Waals surface area (Å²) in [6.07, 6.45) is 4.83. The maximum atomic E-state index is 13.0. The fourth-order valence-corrected chi connectivity index (χ4v) is 5.09. The van der Waals surface area contributed by atoms with Crippen molar-refractivity contribution < 1.29 is 4.79 Å². The molecule has 3 aromatic rings. The van der Waals surface area contributed by atoms with Crippen LogP contribution in [-0.2, 0) is 12.8 Å². The van der Waals surface area contributed by atoms with Crippen molar-refractivity contribution in [2.45, 2.75) is 25.7 Å². The number of rotatable bonds is 2. The number of nitrogens with one attached hydrogen (secondary N) is 1. The number of hydrogen-bond donors (Lipinski definition) is 1. The van der Waals surface area contributed by atoms with E-state index >= 15 is 0 Å². The largest absolute Gasteiger partial charge is 0.360 e. The molecule has 1 aliphatic carbocycles. The summed E-state index contributed by atoms with van der Waals surface area (Å²) in [5.74, 6) is 0.158. The Morgan fingerprint density at radius 1 is 1.04 bits per heavy atom. The van der Waals surface area contributed by atoms with Gasteiger partial charge in [-0.1, -0.05) is 6.07 Å². The first-order valence-corrected chi connectivity index (χ1v) is 10.4. The molecule has 4 nitrogen and oxygen atoms in total. The van der Waals surface area contributed by atoms with Gasteiger partial charge >= 0.3 is 0 Å². The van der Waals surface area contributed by atoms with E-state index in [-0.39, 0.29) is 5.91 Å². The summed E-state index contributed by atoms with van der Waals surface area (Å²) >= 11 is 1.77. The highest BCUT2D eigenvalue weighted by molar-refractivity contribution is 7.14. The Bertz CT molecular complexity index is 936. The second-order valence-electron chi connectivity index (χ2n) is 7.28. The molecule has 0 spiro atoms. The Morgan fingerprint density at radius 2 is 1.88 bits per heavy atom. The van der Waals surface area contributed by atoms with Gasteiger partial charge in [-0.25, -0.2) is 0 Å². The zero-order chi connectivity index (χ0) is 17.5. The van der Waals surface area contributed by atoms with Crippen LogP contribution in [0.25, 0.3) is 10.9 Å². The Morgan fingerprint density at radius 3 is 2.69 bits per heavy atom. The fraction of sp³-hybridized carbons (Fsp3) is 0.381. The quantitative estimate of drug-likeness (QED) is 0.743. The van der Waals surface area contributed by atoms with Crippen molar-refractivity contribution in [3.63, 3.8) is 0 Å². The summed E-state index contributed by atoms with van der Waals surface area (Å²) in [5, 5.41) is 4.71. The van der Waals surface area contributed by atoms with Gasteiger partial charge in [0.1, 0.15) is 0 Å². The highest BCUT2D eigenvalue weighted by Gasteiger charge is 2.23. The average molecular weight is 366 g/mol. The zero-order valence-electron chi connectivity index (χ0n) is 14.8. The lowest BCUT2D eigenvalue weighted by Crippen LogP contribution is -2.48. The molecule has 3 heterocycles. The number of hydrogen-bond acceptors (Lipinski definition) is 3. The molecule has 0 bridgehead atoms. The number of aryl methyl sites for hydroxylation is 2. The van der Waals surface area contributed by atoms with Gasteiger partial charge in [0.2, 0.25) is 0 Å². The molecule has 0 radical (unpaired) electrons. The van der Waals surface area contributed by atoms with Gasteiger partial charge in [0, 0.05) is 48.3 Å². The minimum atomic E-state index is 0.158. The SMILES string of the molecule is O=C(c1ccc2c3c([nH]c2c1)CCCC3)N1CCN(c2cccs2)CC1. The Hall–Kier alpha value is -2.27. The molecule has 1 fully saturated rings. The molecular formula is C21H23N3OS. The van der Waals surface area contributed by atoms with Crippen molar-refractivity contribution in [1.82, 2.24) is 9.88 Å². The number of H-pyrrole nitrogens is 1. The number of carbonyl (C=O) groups is 1. The van der Waals surface area contributed by atoms with Crippen LogP contribution in [-0.4, -0.2) is 42.0 Å². The lowest BCUT2D eigenvalue weighted by molar-refractivity contribution is 0.0747. The Labute approximate surface area is 157 Å². The van der Waals surface area contributed by atoms with Crippen molar-refractivity contribution >= 4 is 33.1 Å². The number of thiophene rings is 1. The van der Waals surface area contributed by atoms with Crippen LogP contribution in [0, 0.1) is 0 Å². The number of anilines is 1. The van der Waals surface area contributed by atoms with Crippen molar-refractivity contribution in [3.8, 4) is 0 Å². The van der Waals surface area contributed by atoms with E-state index in [0.29, 0.717) is 0 Å². The van der Waals surface area contributed by atoms with Gasteiger partial charge < -0.3 is 14.8 Å². The molecule has 2 aromatic heterocycles. The van der Waals surface area contributed by atoms with Crippen LogP contribution >= 0.6 is 11.3 Å². The standard InChI is InChI=1S/C21H23N3OS/c25-21(24-11-9-23(10-12-24)20-6-3-13-26-20)15-7-8-17-16-4-1-2-5-18(16)22-19(17)14-15/h3,6-8,13-14,22H,1-2,4-5,9-12H2. The molecule has 0 unspecified atom stereocenters. The predicted octanol–water partition coefficient (Wildman–Crippen LogP) is 4.07. The minimum absolute atomic E-state index is 0.158. The highest BCUT2D eigenvalue weighted by atomic mass is 32.1. The normalized spacial score (nSPS) is 17.5. The Balaban J connectivity index is 1.34. The van der Waals surface area contributed by atoms with Crippen molar-refractivity contribution in [1.29, 1.82) is 0 Å². The van der Waals surface area contributed by atoms with Gasteiger partial charge in [-0.15, -0.1) is 11.3 Å². The molecule has 1 aromatic carbocycles. The van der Waals surface area contributed by atoms with E-state index in [9.17, 15) is 4.79 Å². The monoisotopic (exact) mass is 365 g/mol. The minimum Gasteiger partial charge on any atom is -0.360 e. The molecule has 0 saturated carbocycles. The molecule has 26 heavy (non-hydrogen) atoms. The van der Waals surface area contributed by atoms with E-state index in [1.165, 1.54) is 34.5 Å². The molecule has 0 atom stereocenters. The number of aromatic amines is 1. The molecule has 1 amide bonds. The molecule has 134 valence electrons. The van der Waals surface area contributed by atoms with Crippen LogP contribution < -0.4 is 4.90 Å². The number of carbonyl (C=O) groups excluding carboxylic acids is 1. The summed E-state index contributed by atoms with van der Waals surface area (Å²) in [4.78, 5) is 20.9. The fourth-order valence-electron chi connectivity index (χ4n) is 4.31. The van der Waals surface area contributed by atoms with E-state index < -0.39 is 0 Å². The van der Waals surface area contributed by atoms with Crippen LogP contribution in [0.1, 0.15) is 34.5 Å². The second-order valence-corrected chi connectivity index (χ2v) is 8.21. The van der Waals surface area contributed by atoms with E-state index in [2.05, 4.69) is 39.5 Å². The molecule has 5 rings (SSSR count). The van der Waals surface area contributed by atoms with E-state index in [1.807, 2.05) is 11.0 Å². The average Bonchev–Trinajstić information content (AvgIpc) is 3.35. The van der Waals surface area contributed by atoms with Crippen LogP contribution in [0.5, 0.6) is 0 Å². The summed E-state index contributed by atoms with van der Waals surface area (Å²) < 4.78 is 0. The first-order chi connectivity index (χ1) is 12.8. The molecule has 5 heteroatoms. The third-order valence-corrected chi connectivity index (χ3v) is 6.66. The molecule has 1 N–H and O–H groups in total. The van der Waals surface area contributed by atoms with Crippen LogP contribution in [0.3, 0.4) is 0 Å². The summed E-state index contributed by atoms with van der Waals surface area (Å²) in [5.41, 5.74) is 4.77. The zero-order valence-corrected chi connectivity index (χ0v) is 15.6. The topological polar surface area (TPSA) is 39.3 Å². The lowest BCUT2D eigenvalue weighted by atomic mass is 9.95. The van der Waals surface area contributed by atoms with E-state index in [1.54, 1.807) is 11.3 Å². The molecular weight excluding hydrogens is 342 g/mol. The lowest BCUT2D eigenvalue weighted by Gasteiger charge is -2.35. The van der Waals surface area contributed by atoms with Crippen LogP contribution in [0.2, 0.25) is 0 Å². The number of fused-ring (bicyclic) bond motifs is 3. The highest BCUT2D eigenvalue weighted by Crippen LogP contribution is 2.30. The number of piperazine rings is 1. The third kappa shape index (κ3) is 2.71. The summed E-state index contributed by atoms with van der Waals surface area (Å²) in [7, 11) is 0. The number of aromatic nitrogens is 1. The summed E-state index contributed by atoms with van der Waals surface area (Å²) in [6, 6.07) is 10.5. The summed E-state index contributed by atoms with van der Waals surface area (Å²) in [6.45, 7) is 3.39. The number of benzene rings is 1. The van der Waals surface area contributed by atoms with Gasteiger partial charge in [0.15, 0.2) is 0 Å². The first-order valence-electron chi connectivity index (χ1n) is 9.51. The predicted molar refractivity (Wildman–Crippen MR) is 107 cm³/mol. The Kier molecular flexibility index (Phi) is 3.97. The van der Waals surface area contributed by atoms with Gasteiger partial charge in [0.25, 0.3) is 5.91 Å². The van der Waals surface area contributed by atoms with Crippen molar-refractivity contribution in [3.05, 3.63) is 52.5 Å². The maximum absolute atomic E-state index is 13.0. The molecule has 2 aliphatic rings. The van der Waals surface area contributed by atoms with E-state index in [4.69, 9.17) is 0 Å². The first kappa shape index (κ1) is 15.9. The van der Waals surface area contributed by atoms with Gasteiger partial charge in [0.05, 0.1) is 5.00 Å². The second kappa shape index (κ2) is 6.47. The molecule has 1 aliphatic heterocycles. The smallest absolute Gasteiger partial charge is 0.254 e. The number of nitrogens with zero attached hydrogens (tertiary/aromatic N) is 2. The van der Waals surface area contributed by atoms with Crippen LogP contribution in [0.4, 0.5) is 5.00 Å². The van der Waals surface area contributed by atoms with Crippen molar-refractivity contribution in [2.24, 2.45) is 0 Å². The van der Waals surface area contributed by atoms with Gasteiger partial charge in [-0.05, 0) is 60.9 Å². The van der Waals surface area contributed by atoms with Gasteiger partial charge in [-0.3, -0.25) is 4.79 Å². The third-order valence-electron chi connectivity index (χ3n) is 5.73. The number of amides is 1. The van der Waals surface area contributed by atoms with E-state index in [0.717, 1.165) is 50.1 Å².